The SMILES string of the molecule is I.NC(=NCCCc1ccccc1)N1CCCCC1. The van der Waals surface area contributed by atoms with Crippen LogP contribution in [0.5, 0.6) is 0 Å². The zero-order valence-corrected chi connectivity index (χ0v) is 13.8. The molecule has 1 saturated heterocycles. The van der Waals surface area contributed by atoms with Crippen molar-refractivity contribution in [3.05, 3.63) is 35.9 Å². The van der Waals surface area contributed by atoms with Crippen molar-refractivity contribution in [3.63, 3.8) is 0 Å². The molecule has 1 aromatic rings. The molecule has 0 radical (unpaired) electrons. The number of likely N-dealkylation sites (tertiary alicyclic amines) is 1. The first-order valence-electron chi connectivity index (χ1n) is 6.95. The summed E-state index contributed by atoms with van der Waals surface area (Å²) in [6, 6.07) is 10.5. The second-order valence-electron chi connectivity index (χ2n) is 4.88. The van der Waals surface area contributed by atoms with Gasteiger partial charge in [-0.15, -0.1) is 24.0 Å². The lowest BCUT2D eigenvalue weighted by atomic mass is 10.1. The molecule has 0 unspecified atom stereocenters. The molecule has 4 heteroatoms. The maximum absolute atomic E-state index is 6.00. The van der Waals surface area contributed by atoms with E-state index in [0.717, 1.165) is 38.4 Å². The molecule has 3 nitrogen and oxygen atoms in total. The predicted molar refractivity (Wildman–Crippen MR) is 92.1 cm³/mol. The number of piperidine rings is 1. The molecule has 1 aliphatic heterocycles. The molecule has 0 aliphatic carbocycles. The van der Waals surface area contributed by atoms with Gasteiger partial charge in [0.2, 0.25) is 0 Å². The maximum Gasteiger partial charge on any atom is 0.191 e. The number of benzene rings is 1. The molecule has 1 fully saturated rings. The van der Waals surface area contributed by atoms with Gasteiger partial charge in [-0.1, -0.05) is 30.3 Å². The van der Waals surface area contributed by atoms with Gasteiger partial charge in [0.05, 0.1) is 0 Å². The van der Waals surface area contributed by atoms with Crippen LogP contribution in [0.4, 0.5) is 0 Å². The van der Waals surface area contributed by atoms with Gasteiger partial charge in [-0.3, -0.25) is 4.99 Å². The standard InChI is InChI=1S/C15H23N3.HI/c16-15(18-12-5-2-6-13-18)17-11-7-10-14-8-3-1-4-9-14;/h1,3-4,8-9H,2,5-7,10-13H2,(H2,16,17);1H. The van der Waals surface area contributed by atoms with E-state index in [1.807, 2.05) is 0 Å². The highest BCUT2D eigenvalue weighted by Crippen LogP contribution is 2.08. The fourth-order valence-corrected chi connectivity index (χ4v) is 2.34. The summed E-state index contributed by atoms with van der Waals surface area (Å²) in [7, 11) is 0. The van der Waals surface area contributed by atoms with Crippen molar-refractivity contribution in [3.8, 4) is 0 Å². The van der Waals surface area contributed by atoms with Crippen LogP contribution < -0.4 is 5.73 Å². The zero-order chi connectivity index (χ0) is 12.6. The summed E-state index contributed by atoms with van der Waals surface area (Å²) in [6.07, 6.45) is 5.98. The molecule has 0 atom stereocenters. The fraction of sp³-hybridized carbons (Fsp3) is 0.533. The average molecular weight is 373 g/mol. The topological polar surface area (TPSA) is 41.6 Å². The Morgan fingerprint density at radius 1 is 1.11 bits per heavy atom. The van der Waals surface area contributed by atoms with E-state index < -0.39 is 0 Å². The minimum absolute atomic E-state index is 0. The molecule has 0 spiro atoms. The second kappa shape index (κ2) is 9.18. The van der Waals surface area contributed by atoms with E-state index in [1.54, 1.807) is 0 Å². The van der Waals surface area contributed by atoms with Crippen molar-refractivity contribution in [2.75, 3.05) is 19.6 Å². The lowest BCUT2D eigenvalue weighted by Crippen LogP contribution is -2.40. The maximum atomic E-state index is 6.00. The Balaban J connectivity index is 0.00000180. The number of nitrogens with two attached hydrogens (primary N) is 1. The van der Waals surface area contributed by atoms with Gasteiger partial charge in [-0.05, 0) is 37.7 Å². The van der Waals surface area contributed by atoms with E-state index in [0.29, 0.717) is 0 Å². The van der Waals surface area contributed by atoms with Gasteiger partial charge >= 0.3 is 0 Å². The molecule has 2 N–H and O–H groups in total. The lowest BCUT2D eigenvalue weighted by molar-refractivity contribution is 0.338. The number of rotatable bonds is 4. The Hall–Kier alpha value is -0.780. The Bertz CT molecular complexity index is 372. The van der Waals surface area contributed by atoms with E-state index in [-0.39, 0.29) is 24.0 Å². The third kappa shape index (κ3) is 5.80. The number of aryl methyl sites for hydroxylation is 1. The molecule has 19 heavy (non-hydrogen) atoms. The summed E-state index contributed by atoms with van der Waals surface area (Å²) in [5.74, 6) is 0.739. The van der Waals surface area contributed by atoms with Crippen molar-refractivity contribution in [1.29, 1.82) is 0 Å². The van der Waals surface area contributed by atoms with Crippen LogP contribution in [-0.2, 0) is 6.42 Å². The largest absolute Gasteiger partial charge is 0.370 e. The number of halogens is 1. The number of hydrogen-bond acceptors (Lipinski definition) is 1. The molecule has 0 aromatic heterocycles. The van der Waals surface area contributed by atoms with Crippen LogP contribution in [0.2, 0.25) is 0 Å². The number of hydrogen-bond donors (Lipinski definition) is 1. The molecular weight excluding hydrogens is 349 g/mol. The Labute approximate surface area is 133 Å². The zero-order valence-electron chi connectivity index (χ0n) is 11.4. The van der Waals surface area contributed by atoms with Gasteiger partial charge in [0.15, 0.2) is 5.96 Å². The van der Waals surface area contributed by atoms with Crippen molar-refractivity contribution >= 4 is 29.9 Å². The van der Waals surface area contributed by atoms with Crippen LogP contribution in [-0.4, -0.2) is 30.5 Å². The highest BCUT2D eigenvalue weighted by atomic mass is 127. The fourth-order valence-electron chi connectivity index (χ4n) is 2.34. The van der Waals surface area contributed by atoms with E-state index in [1.165, 1.54) is 24.8 Å². The van der Waals surface area contributed by atoms with Crippen LogP contribution in [0, 0.1) is 0 Å². The third-order valence-corrected chi connectivity index (χ3v) is 3.42. The number of nitrogens with zero attached hydrogens (tertiary/aromatic N) is 2. The van der Waals surface area contributed by atoms with E-state index in [4.69, 9.17) is 5.73 Å². The minimum Gasteiger partial charge on any atom is -0.370 e. The summed E-state index contributed by atoms with van der Waals surface area (Å²) < 4.78 is 0. The first-order chi connectivity index (χ1) is 8.86. The molecule has 2 rings (SSSR count). The first-order valence-corrected chi connectivity index (χ1v) is 6.95. The first kappa shape index (κ1) is 16.3. The van der Waals surface area contributed by atoms with Gasteiger partial charge < -0.3 is 10.6 Å². The van der Waals surface area contributed by atoms with Crippen LogP contribution >= 0.6 is 24.0 Å². The molecular formula is C15H24IN3. The lowest BCUT2D eigenvalue weighted by Gasteiger charge is -2.27. The molecule has 0 saturated carbocycles. The van der Waals surface area contributed by atoms with E-state index in [9.17, 15) is 0 Å². The van der Waals surface area contributed by atoms with Crippen molar-refractivity contribution < 1.29 is 0 Å². The van der Waals surface area contributed by atoms with Gasteiger partial charge in [0.25, 0.3) is 0 Å². The highest BCUT2D eigenvalue weighted by Gasteiger charge is 2.11. The molecule has 1 aliphatic rings. The van der Waals surface area contributed by atoms with Gasteiger partial charge in [-0.2, -0.15) is 0 Å². The quantitative estimate of drug-likeness (QED) is 0.382. The summed E-state index contributed by atoms with van der Waals surface area (Å²) >= 11 is 0. The van der Waals surface area contributed by atoms with Gasteiger partial charge in [0.1, 0.15) is 0 Å². The molecule has 0 amide bonds. The van der Waals surface area contributed by atoms with Crippen molar-refractivity contribution in [2.24, 2.45) is 10.7 Å². The van der Waals surface area contributed by atoms with Crippen LogP contribution in [0.1, 0.15) is 31.2 Å². The molecule has 1 heterocycles. The van der Waals surface area contributed by atoms with Crippen LogP contribution in [0.3, 0.4) is 0 Å². The highest BCUT2D eigenvalue weighted by molar-refractivity contribution is 14.0. The Morgan fingerprint density at radius 2 is 1.79 bits per heavy atom. The Morgan fingerprint density at radius 3 is 2.47 bits per heavy atom. The summed E-state index contributed by atoms with van der Waals surface area (Å²) in [5, 5.41) is 0. The molecule has 1 aromatic carbocycles. The normalized spacial score (nSPS) is 16.0. The van der Waals surface area contributed by atoms with E-state index in [2.05, 4.69) is 40.2 Å². The van der Waals surface area contributed by atoms with Gasteiger partial charge in [-0.25, -0.2) is 0 Å². The van der Waals surface area contributed by atoms with Crippen LogP contribution in [0.25, 0.3) is 0 Å². The second-order valence-corrected chi connectivity index (χ2v) is 4.88. The molecule has 0 bridgehead atoms. The summed E-state index contributed by atoms with van der Waals surface area (Å²) in [6.45, 7) is 2.99. The minimum atomic E-state index is 0. The predicted octanol–water partition coefficient (Wildman–Crippen LogP) is 3.04. The number of aliphatic imine (C=N–C) groups is 1. The third-order valence-electron chi connectivity index (χ3n) is 3.42. The Kier molecular flexibility index (Phi) is 7.86. The van der Waals surface area contributed by atoms with Gasteiger partial charge in [0, 0.05) is 19.6 Å². The summed E-state index contributed by atoms with van der Waals surface area (Å²) in [5.41, 5.74) is 7.38. The number of guanidine groups is 1. The van der Waals surface area contributed by atoms with E-state index >= 15 is 0 Å². The van der Waals surface area contributed by atoms with Crippen molar-refractivity contribution in [1.82, 2.24) is 4.90 Å². The smallest absolute Gasteiger partial charge is 0.191 e. The van der Waals surface area contributed by atoms with Crippen molar-refractivity contribution in [2.45, 2.75) is 32.1 Å². The van der Waals surface area contributed by atoms with Crippen LogP contribution in [0.15, 0.2) is 35.3 Å². The summed E-state index contributed by atoms with van der Waals surface area (Å²) in [4.78, 5) is 6.70. The monoisotopic (exact) mass is 373 g/mol. The average Bonchev–Trinajstić information content (AvgIpc) is 2.45. The molecule has 106 valence electrons.